The monoisotopic (exact) mass is 500 g/mol. The Morgan fingerprint density at radius 3 is 2.48 bits per heavy atom. The summed E-state index contributed by atoms with van der Waals surface area (Å²) in [7, 11) is 0. The van der Waals surface area contributed by atoms with Crippen LogP contribution in [0.4, 0.5) is 11.4 Å². The molecular weight excluding hydrogens is 479 g/mol. The van der Waals surface area contributed by atoms with Gasteiger partial charge in [-0.25, -0.2) is 9.79 Å². The minimum atomic E-state index is -0.355. The zero-order valence-electron chi connectivity index (χ0n) is 16.4. The minimum absolute atomic E-state index is 0.313. The number of halogens is 1. The molecule has 1 aliphatic rings. The van der Waals surface area contributed by atoms with Crippen molar-refractivity contribution < 1.29 is 9.53 Å². The maximum atomic E-state index is 12.0. The van der Waals surface area contributed by atoms with Crippen LogP contribution in [0.1, 0.15) is 34.0 Å². The van der Waals surface area contributed by atoms with Crippen LogP contribution in [0.3, 0.4) is 0 Å². The van der Waals surface area contributed by atoms with Gasteiger partial charge in [0.2, 0.25) is 0 Å². The third kappa shape index (κ3) is 5.29. The summed E-state index contributed by atoms with van der Waals surface area (Å²) in [6, 6.07) is 13.1. The number of rotatable bonds is 5. The summed E-state index contributed by atoms with van der Waals surface area (Å²) >= 11 is -0.355. The molecule has 0 aromatic heterocycles. The molecular formula is C22H21IN4O2. The van der Waals surface area contributed by atoms with Crippen molar-refractivity contribution in [1.29, 1.82) is 5.26 Å². The third-order valence-corrected chi connectivity index (χ3v) is 5.98. The SMILES string of the molecule is CCOC(=O)c1cc(C)c(NC2=NC(Nc3ccc(C#N)cc3)=IC=C2)c(C)c1. The Hall–Kier alpha value is -2.99. The van der Waals surface area contributed by atoms with Gasteiger partial charge in [-0.05, 0) is 99.2 Å². The average Bonchev–Trinajstić information content (AvgIpc) is 2.71. The van der Waals surface area contributed by atoms with Gasteiger partial charge in [-0.1, -0.05) is 0 Å². The lowest BCUT2D eigenvalue weighted by atomic mass is 10.0. The van der Waals surface area contributed by atoms with Gasteiger partial charge >= 0.3 is 5.97 Å². The number of carbonyl (C=O) groups excluding carboxylic acids is 1. The van der Waals surface area contributed by atoms with E-state index in [0.717, 1.165) is 32.1 Å². The Kier molecular flexibility index (Phi) is 6.77. The van der Waals surface area contributed by atoms with Gasteiger partial charge < -0.3 is 15.4 Å². The molecule has 2 N–H and O–H groups in total. The Bertz CT molecular complexity index is 1040. The number of esters is 1. The summed E-state index contributed by atoms with van der Waals surface area (Å²) in [6.45, 7) is 6.06. The second-order valence-corrected chi connectivity index (χ2v) is 8.70. The molecule has 148 valence electrons. The third-order valence-electron chi connectivity index (χ3n) is 4.16. The molecule has 0 fully saturated rings. The van der Waals surface area contributed by atoms with E-state index < -0.39 is 0 Å². The Morgan fingerprint density at radius 1 is 1.17 bits per heavy atom. The molecule has 2 aromatic carbocycles. The quantitative estimate of drug-likeness (QED) is 0.453. The number of anilines is 2. The maximum absolute atomic E-state index is 12.0. The number of ether oxygens (including phenoxy) is 1. The first-order chi connectivity index (χ1) is 14.0. The van der Waals surface area contributed by atoms with Crippen LogP contribution < -0.4 is 10.6 Å². The average molecular weight is 500 g/mol. The van der Waals surface area contributed by atoms with Crippen LogP contribution in [-0.2, 0) is 4.74 Å². The van der Waals surface area contributed by atoms with Crippen LogP contribution in [0.25, 0.3) is 0 Å². The second kappa shape index (κ2) is 9.47. The molecule has 0 atom stereocenters. The Morgan fingerprint density at radius 2 is 1.86 bits per heavy atom. The van der Waals surface area contributed by atoms with E-state index in [2.05, 4.69) is 20.8 Å². The molecule has 0 unspecified atom stereocenters. The van der Waals surface area contributed by atoms with Gasteiger partial charge in [0.1, 0.15) is 5.84 Å². The summed E-state index contributed by atoms with van der Waals surface area (Å²) < 4.78 is 8.14. The molecule has 0 aliphatic carbocycles. The largest absolute Gasteiger partial charge is 0.462 e. The number of nitriles is 1. The number of hydrogen-bond acceptors (Lipinski definition) is 6. The molecule has 2 aromatic rings. The molecule has 1 heterocycles. The highest BCUT2D eigenvalue weighted by atomic mass is 127. The van der Waals surface area contributed by atoms with Gasteiger partial charge in [-0.2, -0.15) is 5.26 Å². The first-order valence-electron chi connectivity index (χ1n) is 9.08. The smallest absolute Gasteiger partial charge is 0.338 e. The molecule has 0 saturated carbocycles. The van der Waals surface area contributed by atoms with Crippen molar-refractivity contribution in [3.8, 4) is 6.07 Å². The number of hydrogen-bond donors (Lipinski definition) is 2. The number of aryl methyl sites for hydroxylation is 2. The normalized spacial score (nSPS) is 12.8. The van der Waals surface area contributed by atoms with Gasteiger partial charge in [-0.15, -0.1) is 0 Å². The van der Waals surface area contributed by atoms with Crippen molar-refractivity contribution >= 4 is 47.7 Å². The van der Waals surface area contributed by atoms with Crippen molar-refractivity contribution in [2.45, 2.75) is 20.8 Å². The summed E-state index contributed by atoms with van der Waals surface area (Å²) in [5, 5.41) is 15.6. The van der Waals surface area contributed by atoms with Gasteiger partial charge in [0.15, 0.2) is 3.76 Å². The zero-order chi connectivity index (χ0) is 20.8. The molecule has 0 bridgehead atoms. The van der Waals surface area contributed by atoms with Crippen molar-refractivity contribution in [2.75, 3.05) is 17.2 Å². The second-order valence-electron chi connectivity index (χ2n) is 6.33. The highest BCUT2D eigenvalue weighted by Crippen LogP contribution is 2.24. The van der Waals surface area contributed by atoms with Gasteiger partial charge in [-0.3, -0.25) is 0 Å². The molecule has 0 spiro atoms. The topological polar surface area (TPSA) is 86.5 Å². The fourth-order valence-corrected chi connectivity index (χ4v) is 4.54. The van der Waals surface area contributed by atoms with E-state index >= 15 is 0 Å². The first-order valence-corrected chi connectivity index (χ1v) is 11.4. The summed E-state index contributed by atoms with van der Waals surface area (Å²) in [5.74, 6) is 0.425. The number of amidine groups is 1. The highest BCUT2D eigenvalue weighted by Gasteiger charge is 2.13. The van der Waals surface area contributed by atoms with Crippen LogP contribution >= 0.6 is 20.7 Å². The zero-order valence-corrected chi connectivity index (χ0v) is 18.6. The lowest BCUT2D eigenvalue weighted by Crippen LogP contribution is -2.18. The predicted molar refractivity (Wildman–Crippen MR) is 126 cm³/mol. The van der Waals surface area contributed by atoms with E-state index in [1.807, 2.05) is 44.2 Å². The van der Waals surface area contributed by atoms with Crippen LogP contribution in [0, 0.1) is 25.2 Å². The van der Waals surface area contributed by atoms with E-state index in [4.69, 9.17) is 15.0 Å². The van der Waals surface area contributed by atoms with Crippen molar-refractivity contribution in [3.63, 3.8) is 0 Å². The van der Waals surface area contributed by atoms with Crippen molar-refractivity contribution in [3.05, 3.63) is 68.8 Å². The number of nitrogens with zero attached hydrogens (tertiary/aromatic N) is 2. The van der Waals surface area contributed by atoms with Crippen LogP contribution in [0.2, 0.25) is 0 Å². The number of benzene rings is 2. The van der Waals surface area contributed by atoms with Gasteiger partial charge in [0.05, 0.1) is 23.8 Å². The summed E-state index contributed by atoms with van der Waals surface area (Å²) in [5.41, 5.74) is 4.91. The summed E-state index contributed by atoms with van der Waals surface area (Å²) in [6.07, 6.45) is 1.98. The number of aliphatic imine (C=N–C) groups is 1. The minimum Gasteiger partial charge on any atom is -0.462 e. The van der Waals surface area contributed by atoms with Gasteiger partial charge in [0, 0.05) is 11.4 Å². The highest BCUT2D eigenvalue weighted by molar-refractivity contribution is 14.2. The van der Waals surface area contributed by atoms with E-state index in [1.165, 1.54) is 0 Å². The molecule has 0 radical (unpaired) electrons. The van der Waals surface area contributed by atoms with E-state index in [0.29, 0.717) is 17.7 Å². The standard InChI is InChI=1S/C22H21IN4O2/c1-4-29-21(28)17-11-14(2)20(15(3)12-17)26-19-9-10-23-22(27-19)25-18-7-5-16(13-24)6-8-18/h5-12H,4H2,1-3H3,(H2,25,26,27). The summed E-state index contributed by atoms with van der Waals surface area (Å²) in [4.78, 5) is 16.7. The van der Waals surface area contributed by atoms with Crippen molar-refractivity contribution in [2.24, 2.45) is 4.99 Å². The number of carbonyl (C=O) groups is 1. The van der Waals surface area contributed by atoms with Gasteiger partial charge in [0.25, 0.3) is 0 Å². The Labute approximate surface area is 180 Å². The fraction of sp³-hybridized carbons (Fsp3) is 0.182. The van der Waals surface area contributed by atoms with E-state index in [1.54, 1.807) is 19.1 Å². The number of nitrogens with one attached hydrogen (secondary N) is 2. The van der Waals surface area contributed by atoms with Crippen LogP contribution in [-0.4, -0.2) is 22.2 Å². The predicted octanol–water partition coefficient (Wildman–Crippen LogP) is 4.86. The Balaban J connectivity index is 1.76. The molecule has 1 aliphatic heterocycles. The molecule has 0 amide bonds. The van der Waals surface area contributed by atoms with Crippen LogP contribution in [0.5, 0.6) is 0 Å². The van der Waals surface area contributed by atoms with E-state index in [9.17, 15) is 4.79 Å². The lowest BCUT2D eigenvalue weighted by Gasteiger charge is -2.16. The molecule has 3 rings (SSSR count). The molecule has 0 saturated heterocycles. The molecule has 29 heavy (non-hydrogen) atoms. The van der Waals surface area contributed by atoms with Crippen molar-refractivity contribution in [1.82, 2.24) is 0 Å². The first kappa shape index (κ1) is 20.7. The molecule has 7 heteroatoms. The van der Waals surface area contributed by atoms with Crippen LogP contribution in [0.15, 0.2) is 51.5 Å². The fourth-order valence-electron chi connectivity index (χ4n) is 2.81. The molecule has 6 nitrogen and oxygen atoms in total. The lowest BCUT2D eigenvalue weighted by molar-refractivity contribution is 0.0526. The maximum Gasteiger partial charge on any atom is 0.338 e. The van der Waals surface area contributed by atoms with E-state index in [-0.39, 0.29) is 26.7 Å².